The van der Waals surface area contributed by atoms with Gasteiger partial charge in [-0.1, -0.05) is 12.1 Å². The fraction of sp³-hybridized carbons (Fsp3) is 0.263. The van der Waals surface area contributed by atoms with Gasteiger partial charge in [0, 0.05) is 17.5 Å². The minimum Gasteiger partial charge on any atom is -0.497 e. The summed E-state index contributed by atoms with van der Waals surface area (Å²) < 4.78 is 16.4. The van der Waals surface area contributed by atoms with Gasteiger partial charge in [0.15, 0.2) is 17.3 Å². The lowest BCUT2D eigenvalue weighted by Crippen LogP contribution is -2.13. The van der Waals surface area contributed by atoms with E-state index >= 15 is 0 Å². The van der Waals surface area contributed by atoms with Gasteiger partial charge in [-0.15, -0.1) is 10.2 Å². The molecule has 0 saturated carbocycles. The van der Waals surface area contributed by atoms with Gasteiger partial charge in [0.05, 0.1) is 20.3 Å². The number of Topliss-reactive ketones (excluding diaryl/α,β-unsaturated/α-hetero) is 1. The van der Waals surface area contributed by atoms with Gasteiger partial charge in [0.1, 0.15) is 12.3 Å². The summed E-state index contributed by atoms with van der Waals surface area (Å²) in [5.41, 5.74) is 1.28. The quantitative estimate of drug-likeness (QED) is 0.641. The first-order valence-electron chi connectivity index (χ1n) is 8.58. The highest BCUT2D eigenvalue weighted by molar-refractivity contribution is 5.96. The van der Waals surface area contributed by atoms with Crippen molar-refractivity contribution >= 4 is 5.78 Å². The van der Waals surface area contributed by atoms with Crippen LogP contribution in [0.15, 0.2) is 42.5 Å². The van der Waals surface area contributed by atoms with Crippen molar-refractivity contribution in [2.45, 2.75) is 13.0 Å². The van der Waals surface area contributed by atoms with Gasteiger partial charge in [0.25, 0.3) is 0 Å². The maximum atomic E-state index is 12.6. The number of hydrogen-bond acceptors (Lipinski definition) is 7. The van der Waals surface area contributed by atoms with Crippen molar-refractivity contribution < 1.29 is 19.0 Å². The van der Waals surface area contributed by atoms with Crippen LogP contribution in [0.4, 0.5) is 0 Å². The fourth-order valence-corrected chi connectivity index (χ4v) is 2.74. The summed E-state index contributed by atoms with van der Waals surface area (Å²) in [5.74, 6) is 2.23. The molecule has 0 saturated heterocycles. The number of rotatable bonds is 5. The second kappa shape index (κ2) is 7.45. The van der Waals surface area contributed by atoms with Crippen LogP contribution in [0, 0.1) is 0 Å². The molecule has 2 aromatic carbocycles. The number of carbonyl (C=O) groups excluding carboxylic acids is 1. The molecule has 0 amide bonds. The Labute approximate surface area is 155 Å². The molecule has 27 heavy (non-hydrogen) atoms. The Morgan fingerprint density at radius 3 is 2.85 bits per heavy atom. The van der Waals surface area contributed by atoms with E-state index in [-0.39, 0.29) is 12.3 Å². The molecule has 1 aliphatic heterocycles. The van der Waals surface area contributed by atoms with Gasteiger partial charge in [-0.25, -0.2) is 0 Å². The second-order valence-electron chi connectivity index (χ2n) is 6.01. The number of tetrazole rings is 1. The average molecular weight is 366 g/mol. The van der Waals surface area contributed by atoms with E-state index in [2.05, 4.69) is 15.4 Å². The number of ketones is 1. The van der Waals surface area contributed by atoms with Crippen LogP contribution in [0.25, 0.3) is 11.4 Å². The van der Waals surface area contributed by atoms with E-state index in [1.165, 1.54) is 4.80 Å². The first-order valence-corrected chi connectivity index (χ1v) is 8.58. The minimum absolute atomic E-state index is 0.0172. The van der Waals surface area contributed by atoms with E-state index in [0.717, 1.165) is 12.0 Å². The largest absolute Gasteiger partial charge is 0.497 e. The van der Waals surface area contributed by atoms with Crippen LogP contribution in [0.2, 0.25) is 0 Å². The lowest BCUT2D eigenvalue weighted by atomic mass is 10.1. The van der Waals surface area contributed by atoms with E-state index < -0.39 is 0 Å². The third-order valence-electron chi connectivity index (χ3n) is 4.14. The maximum Gasteiger partial charge on any atom is 0.205 e. The molecule has 3 aromatic rings. The van der Waals surface area contributed by atoms with Crippen LogP contribution >= 0.6 is 0 Å². The van der Waals surface area contributed by atoms with Gasteiger partial charge in [0.2, 0.25) is 5.82 Å². The Bertz CT molecular complexity index is 970. The molecular formula is C19H18N4O4. The third-order valence-corrected chi connectivity index (χ3v) is 4.14. The van der Waals surface area contributed by atoms with E-state index in [9.17, 15) is 4.79 Å². The van der Waals surface area contributed by atoms with E-state index in [1.54, 1.807) is 25.3 Å². The predicted octanol–water partition coefficient (Wildman–Crippen LogP) is 2.39. The smallest absolute Gasteiger partial charge is 0.205 e. The van der Waals surface area contributed by atoms with Crippen LogP contribution < -0.4 is 14.2 Å². The van der Waals surface area contributed by atoms with Crippen molar-refractivity contribution in [1.82, 2.24) is 20.2 Å². The molecule has 0 atom stereocenters. The highest BCUT2D eigenvalue weighted by Crippen LogP contribution is 2.30. The molecule has 4 rings (SSSR count). The van der Waals surface area contributed by atoms with E-state index in [0.29, 0.717) is 41.9 Å². The number of fused-ring (bicyclic) bond motifs is 1. The highest BCUT2D eigenvalue weighted by atomic mass is 16.5. The van der Waals surface area contributed by atoms with Crippen molar-refractivity contribution in [3.63, 3.8) is 0 Å². The Kier molecular flexibility index (Phi) is 4.69. The molecule has 0 spiro atoms. The van der Waals surface area contributed by atoms with Crippen molar-refractivity contribution in [3.05, 3.63) is 48.0 Å². The number of nitrogens with zero attached hydrogens (tertiary/aromatic N) is 4. The zero-order valence-corrected chi connectivity index (χ0v) is 14.8. The summed E-state index contributed by atoms with van der Waals surface area (Å²) >= 11 is 0. The van der Waals surface area contributed by atoms with Crippen LogP contribution in [0.3, 0.4) is 0 Å². The lowest BCUT2D eigenvalue weighted by Gasteiger charge is -2.08. The average Bonchev–Trinajstić information content (AvgIpc) is 3.04. The predicted molar refractivity (Wildman–Crippen MR) is 96.2 cm³/mol. The van der Waals surface area contributed by atoms with Crippen LogP contribution in [0.5, 0.6) is 17.2 Å². The van der Waals surface area contributed by atoms with Crippen molar-refractivity contribution in [3.8, 4) is 28.6 Å². The molecule has 0 N–H and O–H groups in total. The van der Waals surface area contributed by atoms with Gasteiger partial charge < -0.3 is 14.2 Å². The molecule has 0 aliphatic carbocycles. The number of aromatic nitrogens is 4. The topological polar surface area (TPSA) is 88.4 Å². The summed E-state index contributed by atoms with van der Waals surface area (Å²) in [6, 6.07) is 12.5. The summed E-state index contributed by atoms with van der Waals surface area (Å²) in [4.78, 5) is 13.9. The van der Waals surface area contributed by atoms with Gasteiger partial charge in [-0.2, -0.15) is 4.80 Å². The molecule has 1 aromatic heterocycles. The second-order valence-corrected chi connectivity index (χ2v) is 6.01. The van der Waals surface area contributed by atoms with Gasteiger partial charge in [-0.3, -0.25) is 4.79 Å². The Hall–Kier alpha value is -3.42. The van der Waals surface area contributed by atoms with Crippen LogP contribution in [-0.2, 0) is 6.54 Å². The Morgan fingerprint density at radius 2 is 2.00 bits per heavy atom. The maximum absolute atomic E-state index is 12.6. The minimum atomic E-state index is -0.139. The zero-order valence-electron chi connectivity index (χ0n) is 14.8. The number of ether oxygens (including phenoxy) is 3. The standard InChI is InChI=1S/C19H18N4O4/c1-25-15-5-2-4-14(10-15)19-20-22-23(21-19)12-16(24)13-6-7-17-18(11-13)27-9-3-8-26-17/h2,4-7,10-11H,3,8-9,12H2,1H3. The van der Waals surface area contributed by atoms with E-state index in [4.69, 9.17) is 14.2 Å². The normalized spacial score (nSPS) is 13.1. The molecule has 0 radical (unpaired) electrons. The molecule has 0 unspecified atom stereocenters. The number of hydrogen-bond donors (Lipinski definition) is 0. The lowest BCUT2D eigenvalue weighted by molar-refractivity contribution is 0.0961. The number of benzene rings is 2. The molecular weight excluding hydrogens is 348 g/mol. The van der Waals surface area contributed by atoms with Crippen molar-refractivity contribution in [1.29, 1.82) is 0 Å². The number of methoxy groups -OCH3 is 1. The molecule has 138 valence electrons. The third kappa shape index (κ3) is 3.74. The van der Waals surface area contributed by atoms with Crippen LogP contribution in [-0.4, -0.2) is 46.3 Å². The first-order chi connectivity index (χ1) is 13.2. The summed E-state index contributed by atoms with van der Waals surface area (Å²) in [5, 5.41) is 12.3. The zero-order chi connectivity index (χ0) is 18.6. The molecule has 8 heteroatoms. The first kappa shape index (κ1) is 17.0. The number of carbonyl (C=O) groups is 1. The van der Waals surface area contributed by atoms with Crippen molar-refractivity contribution in [2.75, 3.05) is 20.3 Å². The molecule has 2 heterocycles. The molecule has 0 fully saturated rings. The molecule has 0 bridgehead atoms. The van der Waals surface area contributed by atoms with Gasteiger partial charge in [-0.05, 0) is 35.5 Å². The summed E-state index contributed by atoms with van der Waals surface area (Å²) in [7, 11) is 1.59. The van der Waals surface area contributed by atoms with Crippen molar-refractivity contribution in [2.24, 2.45) is 0 Å². The van der Waals surface area contributed by atoms with Gasteiger partial charge >= 0.3 is 0 Å². The summed E-state index contributed by atoms with van der Waals surface area (Å²) in [6.45, 7) is 1.16. The Morgan fingerprint density at radius 1 is 1.15 bits per heavy atom. The molecule has 8 nitrogen and oxygen atoms in total. The monoisotopic (exact) mass is 366 g/mol. The molecule has 1 aliphatic rings. The summed E-state index contributed by atoms with van der Waals surface area (Å²) in [6.07, 6.45) is 0.813. The van der Waals surface area contributed by atoms with Crippen LogP contribution in [0.1, 0.15) is 16.8 Å². The SMILES string of the molecule is COc1cccc(-c2nnn(CC(=O)c3ccc4c(c3)OCCCO4)n2)c1. The van der Waals surface area contributed by atoms with E-state index in [1.807, 2.05) is 24.3 Å². The highest BCUT2D eigenvalue weighted by Gasteiger charge is 2.16. The Balaban J connectivity index is 1.50. The fourth-order valence-electron chi connectivity index (χ4n) is 2.74.